The van der Waals surface area contributed by atoms with Crippen LogP contribution in [-0.4, -0.2) is 28.7 Å². The summed E-state index contributed by atoms with van der Waals surface area (Å²) in [6.07, 6.45) is 0.940. The number of rotatable bonds is 6. The van der Waals surface area contributed by atoms with Gasteiger partial charge in [-0.3, -0.25) is 0 Å². The molecule has 0 saturated carbocycles. The second-order valence-electron chi connectivity index (χ2n) is 5.79. The Bertz CT molecular complexity index is 580. The van der Waals surface area contributed by atoms with Gasteiger partial charge in [-0.05, 0) is 45.4 Å². The van der Waals surface area contributed by atoms with Crippen LogP contribution in [0.4, 0.5) is 0 Å². The highest BCUT2D eigenvalue weighted by atomic mass is 35.5. The molecule has 2 aromatic rings. The van der Waals surface area contributed by atoms with E-state index in [0.29, 0.717) is 12.6 Å². The van der Waals surface area contributed by atoms with Crippen molar-refractivity contribution in [3.05, 3.63) is 29.0 Å². The zero-order valence-electron chi connectivity index (χ0n) is 12.5. The predicted molar refractivity (Wildman–Crippen MR) is 83.1 cm³/mol. The molecule has 1 aromatic heterocycles. The number of nitrogens with zero attached hydrogens (tertiary/aromatic N) is 1. The van der Waals surface area contributed by atoms with Crippen molar-refractivity contribution >= 4 is 22.6 Å². The zero-order valence-corrected chi connectivity index (χ0v) is 13.2. The molecule has 1 unspecified atom stereocenters. The molecule has 20 heavy (non-hydrogen) atoms. The third kappa shape index (κ3) is 3.95. The molecule has 0 radical (unpaired) electrons. The largest absolute Gasteiger partial charge is 0.379 e. The summed E-state index contributed by atoms with van der Waals surface area (Å²) in [6, 6.07) is 6.02. The Balaban J connectivity index is 1.95. The molecule has 0 bridgehead atoms. The third-order valence-electron chi connectivity index (χ3n) is 3.46. The molecule has 1 atom stereocenters. The summed E-state index contributed by atoms with van der Waals surface area (Å²) in [6.45, 7) is 7.04. The maximum absolute atomic E-state index is 5.97. The molecule has 0 fully saturated rings. The fourth-order valence-electron chi connectivity index (χ4n) is 2.28. The normalized spacial score (nSPS) is 13.8. The smallest absolute Gasteiger partial charge is 0.121 e. The molecule has 1 aromatic carbocycles. The zero-order chi connectivity index (χ0) is 14.8. The molecule has 0 aliphatic carbocycles. The van der Waals surface area contributed by atoms with Gasteiger partial charge in [0.15, 0.2) is 0 Å². The Morgan fingerprint density at radius 3 is 2.90 bits per heavy atom. The van der Waals surface area contributed by atoms with E-state index in [1.165, 1.54) is 0 Å². The lowest BCUT2D eigenvalue weighted by atomic mass is 10.00. The van der Waals surface area contributed by atoms with Gasteiger partial charge in [0.2, 0.25) is 0 Å². The van der Waals surface area contributed by atoms with Crippen LogP contribution in [0.25, 0.3) is 11.0 Å². The first-order chi connectivity index (χ1) is 9.39. The number of methoxy groups -OCH3 is 1. The lowest BCUT2D eigenvalue weighted by Crippen LogP contribution is -2.35. The van der Waals surface area contributed by atoms with Crippen molar-refractivity contribution in [2.45, 2.75) is 45.4 Å². The first-order valence-electron chi connectivity index (χ1n) is 6.82. The number of nitrogens with one attached hydrogen (secondary N) is 2. The number of hydrogen-bond acceptors (Lipinski definition) is 3. The summed E-state index contributed by atoms with van der Waals surface area (Å²) in [4.78, 5) is 7.81. The van der Waals surface area contributed by atoms with Gasteiger partial charge in [-0.1, -0.05) is 11.6 Å². The minimum Gasteiger partial charge on any atom is -0.379 e. The second kappa shape index (κ2) is 6.12. The van der Waals surface area contributed by atoms with Crippen molar-refractivity contribution in [1.29, 1.82) is 0 Å². The third-order valence-corrected chi connectivity index (χ3v) is 3.70. The van der Waals surface area contributed by atoms with Crippen molar-refractivity contribution in [2.75, 3.05) is 7.11 Å². The van der Waals surface area contributed by atoms with Gasteiger partial charge >= 0.3 is 0 Å². The van der Waals surface area contributed by atoms with Crippen LogP contribution in [0, 0.1) is 0 Å². The van der Waals surface area contributed by atoms with Crippen molar-refractivity contribution in [2.24, 2.45) is 0 Å². The predicted octanol–water partition coefficient (Wildman–Crippen LogP) is 3.51. The van der Waals surface area contributed by atoms with Crippen molar-refractivity contribution in [3.8, 4) is 0 Å². The fourth-order valence-corrected chi connectivity index (χ4v) is 2.45. The second-order valence-corrected chi connectivity index (χ2v) is 6.23. The van der Waals surface area contributed by atoms with Crippen LogP contribution >= 0.6 is 11.6 Å². The number of fused-ring (bicyclic) bond motifs is 1. The molecule has 5 heteroatoms. The quantitative estimate of drug-likeness (QED) is 0.857. The van der Waals surface area contributed by atoms with E-state index in [-0.39, 0.29) is 5.60 Å². The van der Waals surface area contributed by atoms with Gasteiger partial charge in [0.25, 0.3) is 0 Å². The average Bonchev–Trinajstić information content (AvgIpc) is 2.78. The molecule has 110 valence electrons. The lowest BCUT2D eigenvalue weighted by Gasteiger charge is -2.26. The lowest BCUT2D eigenvalue weighted by molar-refractivity contribution is 0.00840. The standard InChI is InChI=1S/C15H22ClN3O/c1-10(8-15(2,3)20-4)17-9-14-18-12-6-5-11(16)7-13(12)19-14/h5-7,10,17H,8-9H2,1-4H3,(H,18,19). The molecule has 0 spiro atoms. The number of ether oxygens (including phenoxy) is 1. The summed E-state index contributed by atoms with van der Waals surface area (Å²) >= 11 is 5.97. The van der Waals surface area contributed by atoms with Gasteiger partial charge in [0, 0.05) is 18.2 Å². The summed E-state index contributed by atoms with van der Waals surface area (Å²) in [5.41, 5.74) is 1.80. The Kier molecular flexibility index (Phi) is 4.68. The molecule has 1 heterocycles. The van der Waals surface area contributed by atoms with Gasteiger partial charge in [-0.15, -0.1) is 0 Å². The highest BCUT2D eigenvalue weighted by molar-refractivity contribution is 6.31. The Labute approximate surface area is 124 Å². The van der Waals surface area contributed by atoms with Crippen LogP contribution in [0.15, 0.2) is 18.2 Å². The van der Waals surface area contributed by atoms with Crippen LogP contribution in [0.1, 0.15) is 33.0 Å². The topological polar surface area (TPSA) is 49.9 Å². The van der Waals surface area contributed by atoms with Crippen molar-refractivity contribution in [3.63, 3.8) is 0 Å². The van der Waals surface area contributed by atoms with Crippen LogP contribution in [-0.2, 0) is 11.3 Å². The highest BCUT2D eigenvalue weighted by Gasteiger charge is 2.19. The number of H-pyrrole nitrogens is 1. The van der Waals surface area contributed by atoms with E-state index in [9.17, 15) is 0 Å². The molecule has 0 saturated heterocycles. The van der Waals surface area contributed by atoms with E-state index in [0.717, 1.165) is 28.3 Å². The number of imidazole rings is 1. The molecular formula is C15H22ClN3O. The maximum Gasteiger partial charge on any atom is 0.121 e. The van der Waals surface area contributed by atoms with E-state index in [4.69, 9.17) is 16.3 Å². The van der Waals surface area contributed by atoms with Gasteiger partial charge in [-0.25, -0.2) is 4.98 Å². The van der Waals surface area contributed by atoms with Crippen LogP contribution in [0.3, 0.4) is 0 Å². The fraction of sp³-hybridized carbons (Fsp3) is 0.533. The summed E-state index contributed by atoms with van der Waals surface area (Å²) in [5.74, 6) is 0.921. The van der Waals surface area contributed by atoms with Crippen LogP contribution < -0.4 is 5.32 Å². The maximum atomic E-state index is 5.97. The van der Waals surface area contributed by atoms with Gasteiger partial charge < -0.3 is 15.0 Å². The number of aromatic nitrogens is 2. The summed E-state index contributed by atoms with van der Waals surface area (Å²) in [5, 5.41) is 4.18. The van der Waals surface area contributed by atoms with E-state index in [2.05, 4.69) is 36.1 Å². The Morgan fingerprint density at radius 1 is 1.45 bits per heavy atom. The highest BCUT2D eigenvalue weighted by Crippen LogP contribution is 2.18. The molecule has 0 aliphatic heterocycles. The Hall–Kier alpha value is -1.10. The number of aromatic amines is 1. The van der Waals surface area contributed by atoms with Crippen LogP contribution in [0.2, 0.25) is 5.02 Å². The summed E-state index contributed by atoms with van der Waals surface area (Å²) < 4.78 is 5.44. The first-order valence-corrected chi connectivity index (χ1v) is 7.20. The minimum absolute atomic E-state index is 0.117. The molecule has 2 N–H and O–H groups in total. The molecular weight excluding hydrogens is 274 g/mol. The van der Waals surface area contributed by atoms with Crippen molar-refractivity contribution < 1.29 is 4.74 Å². The van der Waals surface area contributed by atoms with E-state index in [1.54, 1.807) is 7.11 Å². The van der Waals surface area contributed by atoms with Crippen LogP contribution in [0.5, 0.6) is 0 Å². The first kappa shape index (κ1) is 15.3. The monoisotopic (exact) mass is 295 g/mol. The van der Waals surface area contributed by atoms with E-state index < -0.39 is 0 Å². The Morgan fingerprint density at radius 2 is 2.20 bits per heavy atom. The minimum atomic E-state index is -0.117. The number of benzene rings is 1. The average molecular weight is 296 g/mol. The van der Waals surface area contributed by atoms with Gasteiger partial charge in [0.1, 0.15) is 5.82 Å². The van der Waals surface area contributed by atoms with Gasteiger partial charge in [0.05, 0.1) is 23.2 Å². The number of halogens is 1. The summed E-state index contributed by atoms with van der Waals surface area (Å²) in [7, 11) is 1.75. The van der Waals surface area contributed by atoms with Gasteiger partial charge in [-0.2, -0.15) is 0 Å². The molecule has 0 amide bonds. The van der Waals surface area contributed by atoms with Crippen molar-refractivity contribution in [1.82, 2.24) is 15.3 Å². The number of hydrogen-bond donors (Lipinski definition) is 2. The van der Waals surface area contributed by atoms with E-state index in [1.807, 2.05) is 18.2 Å². The molecule has 4 nitrogen and oxygen atoms in total. The molecule has 0 aliphatic rings. The molecule has 2 rings (SSSR count). The SMILES string of the molecule is COC(C)(C)CC(C)NCc1nc2ccc(Cl)cc2[nH]1. The van der Waals surface area contributed by atoms with E-state index >= 15 is 0 Å².